The van der Waals surface area contributed by atoms with Crippen molar-refractivity contribution in [1.29, 1.82) is 0 Å². The van der Waals surface area contributed by atoms with Crippen LogP contribution in [0.5, 0.6) is 0 Å². The minimum atomic E-state index is 0.515. The number of hydrogen-bond donors (Lipinski definition) is 1. The molecule has 4 nitrogen and oxygen atoms in total. The van der Waals surface area contributed by atoms with Gasteiger partial charge in [-0.15, -0.1) is 0 Å². The van der Waals surface area contributed by atoms with Crippen LogP contribution < -0.4 is 15.1 Å². The topological polar surface area (TPSA) is 31.4 Å². The maximum Gasteiger partial charge on any atom is 0.158 e. The molecular weight excluding hydrogens is 248 g/mol. The summed E-state index contributed by atoms with van der Waals surface area (Å²) in [4.78, 5) is 8.84. The highest BCUT2D eigenvalue weighted by molar-refractivity contribution is 6.29. The van der Waals surface area contributed by atoms with Gasteiger partial charge in [-0.05, 0) is 38.1 Å². The van der Waals surface area contributed by atoms with E-state index in [0.717, 1.165) is 37.4 Å². The van der Waals surface area contributed by atoms with E-state index in [4.69, 9.17) is 11.6 Å². The normalized spacial score (nSPS) is 20.1. The van der Waals surface area contributed by atoms with Gasteiger partial charge >= 0.3 is 0 Å². The number of rotatable bonds is 1. The molecule has 1 saturated heterocycles. The summed E-state index contributed by atoms with van der Waals surface area (Å²) in [5, 5.41) is 3.94. The number of aromatic nitrogens is 1. The van der Waals surface area contributed by atoms with Gasteiger partial charge in [0.15, 0.2) is 5.82 Å². The summed E-state index contributed by atoms with van der Waals surface area (Å²) in [5.41, 5.74) is 1.11. The maximum absolute atomic E-state index is 6.04. The summed E-state index contributed by atoms with van der Waals surface area (Å²) in [5.74, 6) is 0.972. The van der Waals surface area contributed by atoms with Gasteiger partial charge in [-0.25, -0.2) is 4.98 Å². The molecule has 2 aliphatic heterocycles. The first-order chi connectivity index (χ1) is 8.75. The molecule has 18 heavy (non-hydrogen) atoms. The summed E-state index contributed by atoms with van der Waals surface area (Å²) in [6, 6.07) is 4.39. The Morgan fingerprint density at radius 2 is 2.06 bits per heavy atom. The third-order valence-electron chi connectivity index (χ3n) is 3.60. The Morgan fingerprint density at radius 1 is 1.28 bits per heavy atom. The zero-order chi connectivity index (χ0) is 12.5. The molecule has 1 aromatic heterocycles. The third kappa shape index (κ3) is 2.06. The molecule has 0 amide bonds. The van der Waals surface area contributed by atoms with Gasteiger partial charge in [0.1, 0.15) is 5.15 Å². The Hall–Kier alpha value is -1.26. The van der Waals surface area contributed by atoms with Gasteiger partial charge in [0, 0.05) is 25.5 Å². The van der Waals surface area contributed by atoms with Crippen molar-refractivity contribution in [2.24, 2.45) is 0 Å². The zero-order valence-corrected chi connectivity index (χ0v) is 11.2. The van der Waals surface area contributed by atoms with Gasteiger partial charge in [0.25, 0.3) is 0 Å². The smallest absolute Gasteiger partial charge is 0.158 e. The molecule has 1 fully saturated rings. The van der Waals surface area contributed by atoms with Gasteiger partial charge in [0.05, 0.1) is 5.69 Å². The lowest BCUT2D eigenvalue weighted by Gasteiger charge is -2.37. The van der Waals surface area contributed by atoms with Crippen LogP contribution in [0.2, 0.25) is 5.15 Å². The molecule has 0 saturated carbocycles. The van der Waals surface area contributed by atoms with Crippen molar-refractivity contribution in [2.75, 3.05) is 29.9 Å². The van der Waals surface area contributed by atoms with E-state index >= 15 is 0 Å². The first kappa shape index (κ1) is 11.8. The summed E-state index contributed by atoms with van der Waals surface area (Å²) in [7, 11) is 2.03. The number of pyridine rings is 1. The van der Waals surface area contributed by atoms with E-state index in [0.29, 0.717) is 11.2 Å². The molecule has 0 bridgehead atoms. The lowest BCUT2D eigenvalue weighted by molar-refractivity contribution is 0.448. The highest BCUT2D eigenvalue weighted by Gasteiger charge is 2.26. The molecule has 0 unspecified atom stereocenters. The Kier molecular flexibility index (Phi) is 3.14. The van der Waals surface area contributed by atoms with Crippen LogP contribution in [0.4, 0.5) is 11.5 Å². The minimum Gasteiger partial charge on any atom is -0.347 e. The lowest BCUT2D eigenvalue weighted by atomic mass is 10.0. The molecule has 0 atom stereocenters. The predicted molar refractivity (Wildman–Crippen MR) is 75.2 cm³/mol. The Labute approximate surface area is 112 Å². The molecule has 0 aromatic carbocycles. The molecule has 0 radical (unpaired) electrons. The highest BCUT2D eigenvalue weighted by Crippen LogP contribution is 2.34. The third-order valence-corrected chi connectivity index (χ3v) is 3.81. The second kappa shape index (κ2) is 4.78. The highest BCUT2D eigenvalue weighted by atomic mass is 35.5. The van der Waals surface area contributed by atoms with Crippen molar-refractivity contribution in [2.45, 2.75) is 18.9 Å². The molecule has 1 aromatic rings. The second-order valence-corrected chi connectivity index (χ2v) is 5.16. The van der Waals surface area contributed by atoms with Crippen LogP contribution in [-0.2, 0) is 0 Å². The molecular formula is C13H17ClN4. The van der Waals surface area contributed by atoms with Crippen LogP contribution in [0.15, 0.2) is 24.5 Å². The molecule has 2 aliphatic rings. The van der Waals surface area contributed by atoms with Gasteiger partial charge in [-0.2, -0.15) is 0 Å². The summed E-state index contributed by atoms with van der Waals surface area (Å²) in [6.07, 6.45) is 6.48. The lowest BCUT2D eigenvalue weighted by Crippen LogP contribution is -2.42. The Bertz CT molecular complexity index is 468. The van der Waals surface area contributed by atoms with Crippen LogP contribution in [0.25, 0.3) is 0 Å². The summed E-state index contributed by atoms with van der Waals surface area (Å²) in [6.45, 7) is 2.14. The van der Waals surface area contributed by atoms with Crippen LogP contribution in [-0.4, -0.2) is 31.2 Å². The largest absolute Gasteiger partial charge is 0.347 e. The van der Waals surface area contributed by atoms with Gasteiger partial charge in [-0.3, -0.25) is 0 Å². The van der Waals surface area contributed by atoms with Gasteiger partial charge in [0.2, 0.25) is 0 Å². The number of fused-ring (bicyclic) bond motifs is 1. The Balaban J connectivity index is 1.96. The van der Waals surface area contributed by atoms with Crippen molar-refractivity contribution in [1.82, 2.24) is 10.3 Å². The Morgan fingerprint density at radius 3 is 2.83 bits per heavy atom. The van der Waals surface area contributed by atoms with Gasteiger partial charge in [-0.1, -0.05) is 11.6 Å². The molecule has 3 heterocycles. The van der Waals surface area contributed by atoms with E-state index < -0.39 is 0 Å². The summed E-state index contributed by atoms with van der Waals surface area (Å²) < 4.78 is 0. The monoisotopic (exact) mass is 264 g/mol. The van der Waals surface area contributed by atoms with Crippen LogP contribution in [0.1, 0.15) is 12.8 Å². The van der Waals surface area contributed by atoms with E-state index in [1.165, 1.54) is 0 Å². The molecule has 5 heteroatoms. The molecule has 0 aliphatic carbocycles. The fourth-order valence-electron chi connectivity index (χ4n) is 2.59. The van der Waals surface area contributed by atoms with E-state index in [2.05, 4.69) is 32.5 Å². The van der Waals surface area contributed by atoms with E-state index in [1.807, 2.05) is 19.2 Å². The number of halogens is 1. The average molecular weight is 265 g/mol. The fraction of sp³-hybridized carbons (Fsp3) is 0.462. The maximum atomic E-state index is 6.04. The second-order valence-electron chi connectivity index (χ2n) is 4.77. The van der Waals surface area contributed by atoms with Crippen molar-refractivity contribution in [3.8, 4) is 0 Å². The first-order valence-electron chi connectivity index (χ1n) is 6.32. The zero-order valence-electron chi connectivity index (χ0n) is 10.4. The van der Waals surface area contributed by atoms with Crippen molar-refractivity contribution < 1.29 is 0 Å². The van der Waals surface area contributed by atoms with Gasteiger partial charge < -0.3 is 15.1 Å². The van der Waals surface area contributed by atoms with E-state index in [1.54, 1.807) is 0 Å². The average Bonchev–Trinajstić information content (AvgIpc) is 2.40. The minimum absolute atomic E-state index is 0.515. The molecule has 96 valence electrons. The van der Waals surface area contributed by atoms with E-state index in [9.17, 15) is 0 Å². The number of nitrogens with zero attached hydrogens (tertiary/aromatic N) is 3. The fourth-order valence-corrected chi connectivity index (χ4v) is 2.73. The molecule has 0 spiro atoms. The molecule has 3 rings (SSSR count). The number of piperidine rings is 1. The summed E-state index contributed by atoms with van der Waals surface area (Å²) >= 11 is 6.04. The number of hydrogen-bond acceptors (Lipinski definition) is 4. The quantitative estimate of drug-likeness (QED) is 0.788. The first-order valence-corrected chi connectivity index (χ1v) is 6.70. The van der Waals surface area contributed by atoms with Crippen LogP contribution in [0.3, 0.4) is 0 Å². The van der Waals surface area contributed by atoms with Crippen LogP contribution >= 0.6 is 11.6 Å². The van der Waals surface area contributed by atoms with Crippen LogP contribution in [0, 0.1) is 0 Å². The van der Waals surface area contributed by atoms with Crippen molar-refractivity contribution >= 4 is 23.1 Å². The standard InChI is InChI=1S/C13H17ClN4/c1-17-8-9-18(10-4-6-15-7-5-10)13-11(17)2-3-12(14)16-13/h2-3,8-10,15H,4-7H2,1H3. The van der Waals surface area contributed by atoms with Crippen molar-refractivity contribution in [3.63, 3.8) is 0 Å². The number of nitrogens with one attached hydrogen (secondary N) is 1. The van der Waals surface area contributed by atoms with Crippen molar-refractivity contribution in [3.05, 3.63) is 29.7 Å². The number of anilines is 2. The SMILES string of the molecule is CN1C=CN(C2CCNCC2)c2nc(Cl)ccc21. The predicted octanol–water partition coefficient (Wildman–Crippen LogP) is 2.21. The van der Waals surface area contributed by atoms with E-state index in [-0.39, 0.29) is 0 Å². The molecule has 1 N–H and O–H groups in total.